The number of hydrogen-bond donors (Lipinski definition) is 1. The first-order valence-corrected chi connectivity index (χ1v) is 16.6. The molecular formula is C32H43BrN2O6S. The summed E-state index contributed by atoms with van der Waals surface area (Å²) in [4.78, 5) is 46.1. The SMILES string of the molecule is C=CCCCCOC(=O)[C@H]1[C@@H]2SC3(CC2Br)C(C(=O)N(CC=C)c2ccc(OC)cc2)N([C@@H](CO)[C@@H](C)CC)C(=O)[C@H]13. The Hall–Kier alpha value is -2.30. The van der Waals surface area contributed by atoms with Crippen LogP contribution in [0.2, 0.25) is 0 Å². The number of carbonyl (C=O) groups is 3. The summed E-state index contributed by atoms with van der Waals surface area (Å²) in [6.07, 6.45) is 7.21. The summed E-state index contributed by atoms with van der Waals surface area (Å²) in [6.45, 7) is 11.9. The molecule has 1 aromatic carbocycles. The predicted molar refractivity (Wildman–Crippen MR) is 170 cm³/mol. The van der Waals surface area contributed by atoms with Crippen molar-refractivity contribution in [1.29, 1.82) is 0 Å². The normalized spacial score (nSPS) is 29.1. The number of methoxy groups -OCH3 is 1. The summed E-state index contributed by atoms with van der Waals surface area (Å²) in [6, 6.07) is 5.77. The maximum atomic E-state index is 14.8. The van der Waals surface area contributed by atoms with Crippen LogP contribution < -0.4 is 9.64 Å². The van der Waals surface area contributed by atoms with Crippen LogP contribution in [0.4, 0.5) is 5.69 Å². The van der Waals surface area contributed by atoms with E-state index in [9.17, 15) is 19.5 Å². The highest BCUT2D eigenvalue weighted by Gasteiger charge is 2.76. The maximum Gasteiger partial charge on any atom is 0.310 e. The number of allylic oxidation sites excluding steroid dienone is 1. The molecule has 1 N–H and O–H groups in total. The van der Waals surface area contributed by atoms with E-state index in [1.54, 1.807) is 46.9 Å². The van der Waals surface area contributed by atoms with Gasteiger partial charge in [0.15, 0.2) is 0 Å². The van der Waals surface area contributed by atoms with Crippen LogP contribution in [0.1, 0.15) is 46.0 Å². The number of nitrogens with zero attached hydrogens (tertiary/aromatic N) is 2. The number of hydrogen-bond acceptors (Lipinski definition) is 7. The number of halogens is 1. The minimum atomic E-state index is -0.872. The van der Waals surface area contributed by atoms with Crippen molar-refractivity contribution in [3.63, 3.8) is 0 Å². The standard InChI is InChI=1S/C32H43BrN2O6S/c1-6-9-10-11-17-41-31(39)25-26-29(37)35(24(19-36)20(4)8-3)28(32(26)18-23(33)27(25)42-32)30(38)34(16-7-2)21-12-14-22(40-5)15-13-21/h6-7,12-15,20,23-28,36H,1-2,8-11,16-19H2,3-5H3/t20-,23?,24-,25+,26-,27+,28?,32?/m0/s1. The van der Waals surface area contributed by atoms with Crippen molar-refractivity contribution in [3.05, 3.63) is 49.6 Å². The first-order chi connectivity index (χ1) is 20.2. The molecule has 3 aliphatic heterocycles. The lowest BCUT2D eigenvalue weighted by Crippen LogP contribution is -2.59. The molecule has 3 unspecified atom stereocenters. The van der Waals surface area contributed by atoms with Crippen LogP contribution >= 0.6 is 27.7 Å². The number of aliphatic hydroxyl groups excluding tert-OH is 1. The van der Waals surface area contributed by atoms with Crippen molar-refractivity contribution in [2.75, 3.05) is 31.8 Å². The van der Waals surface area contributed by atoms with Crippen molar-refractivity contribution >= 4 is 51.2 Å². The molecule has 2 amide bonds. The molecule has 3 aliphatic rings. The van der Waals surface area contributed by atoms with Gasteiger partial charge in [-0.2, -0.15) is 0 Å². The molecule has 0 aromatic heterocycles. The van der Waals surface area contributed by atoms with Crippen LogP contribution in [0.5, 0.6) is 5.75 Å². The summed E-state index contributed by atoms with van der Waals surface area (Å²) in [5, 5.41) is 10.4. The minimum absolute atomic E-state index is 0.0597. The Balaban J connectivity index is 1.76. The number of ether oxygens (including phenoxy) is 2. The molecule has 0 radical (unpaired) electrons. The monoisotopic (exact) mass is 662 g/mol. The van der Waals surface area contributed by atoms with Crippen molar-refractivity contribution in [1.82, 2.24) is 4.90 Å². The zero-order valence-electron chi connectivity index (χ0n) is 24.7. The van der Waals surface area contributed by atoms with Gasteiger partial charge >= 0.3 is 5.97 Å². The van der Waals surface area contributed by atoms with Gasteiger partial charge in [-0.25, -0.2) is 0 Å². The third-order valence-electron chi connectivity index (χ3n) is 9.09. The Morgan fingerprint density at radius 2 is 1.98 bits per heavy atom. The molecule has 8 nitrogen and oxygen atoms in total. The Kier molecular flexibility index (Phi) is 10.9. The molecule has 1 aromatic rings. The van der Waals surface area contributed by atoms with E-state index in [0.29, 0.717) is 17.9 Å². The molecule has 0 saturated carbocycles. The fourth-order valence-electron chi connectivity index (χ4n) is 6.81. The van der Waals surface area contributed by atoms with Crippen molar-refractivity contribution < 1.29 is 29.0 Å². The second-order valence-corrected chi connectivity index (χ2v) is 14.1. The van der Waals surface area contributed by atoms with E-state index in [4.69, 9.17) is 9.47 Å². The van der Waals surface area contributed by atoms with Gasteiger partial charge in [-0.15, -0.1) is 24.9 Å². The maximum absolute atomic E-state index is 14.8. The zero-order chi connectivity index (χ0) is 30.6. The Morgan fingerprint density at radius 3 is 2.57 bits per heavy atom. The number of esters is 1. The van der Waals surface area contributed by atoms with E-state index in [1.165, 1.54) is 0 Å². The highest BCUT2D eigenvalue weighted by atomic mass is 79.9. The van der Waals surface area contributed by atoms with E-state index in [1.807, 2.05) is 32.1 Å². The second kappa shape index (κ2) is 14.0. The molecular weight excluding hydrogens is 620 g/mol. The van der Waals surface area contributed by atoms with E-state index in [-0.39, 0.29) is 53.5 Å². The summed E-state index contributed by atoms with van der Waals surface area (Å²) in [7, 11) is 1.58. The van der Waals surface area contributed by atoms with Crippen molar-refractivity contribution in [2.45, 2.75) is 72.9 Å². The third-order valence-corrected chi connectivity index (χ3v) is 12.3. The van der Waals surface area contributed by atoms with Gasteiger partial charge in [0.25, 0.3) is 5.91 Å². The lowest BCUT2D eigenvalue weighted by Gasteiger charge is -2.41. The number of anilines is 1. The van der Waals surface area contributed by atoms with Crippen LogP contribution in [0.15, 0.2) is 49.6 Å². The average molecular weight is 664 g/mol. The molecule has 230 valence electrons. The van der Waals surface area contributed by atoms with Crippen LogP contribution in [-0.2, 0) is 19.1 Å². The molecule has 1 spiro atoms. The van der Waals surface area contributed by atoms with Gasteiger partial charge < -0.3 is 24.4 Å². The quantitative estimate of drug-likeness (QED) is 0.122. The minimum Gasteiger partial charge on any atom is -0.497 e. The van der Waals surface area contributed by atoms with Gasteiger partial charge in [-0.1, -0.05) is 48.4 Å². The largest absolute Gasteiger partial charge is 0.497 e. The Bertz CT molecular complexity index is 1160. The molecule has 10 heteroatoms. The summed E-state index contributed by atoms with van der Waals surface area (Å²) < 4.78 is 10.2. The van der Waals surface area contributed by atoms with Gasteiger partial charge in [-0.3, -0.25) is 14.4 Å². The second-order valence-electron chi connectivity index (χ2n) is 11.4. The third kappa shape index (κ3) is 5.78. The molecule has 42 heavy (non-hydrogen) atoms. The molecule has 3 heterocycles. The van der Waals surface area contributed by atoms with Crippen molar-refractivity contribution in [2.24, 2.45) is 17.8 Å². The van der Waals surface area contributed by atoms with Crippen LogP contribution in [0, 0.1) is 17.8 Å². The number of likely N-dealkylation sites (tertiary alicyclic amines) is 1. The predicted octanol–water partition coefficient (Wildman–Crippen LogP) is 4.99. The number of aliphatic hydroxyl groups is 1. The van der Waals surface area contributed by atoms with E-state index in [2.05, 4.69) is 29.1 Å². The fourth-order valence-corrected chi connectivity index (χ4v) is 10.4. The number of fused-ring (bicyclic) bond motifs is 1. The van der Waals surface area contributed by atoms with E-state index >= 15 is 0 Å². The van der Waals surface area contributed by atoms with Crippen LogP contribution in [0.25, 0.3) is 0 Å². The summed E-state index contributed by atoms with van der Waals surface area (Å²) in [5.74, 6) is -1.66. The molecule has 2 bridgehead atoms. The number of rotatable bonds is 15. The highest BCUT2D eigenvalue weighted by molar-refractivity contribution is 9.09. The first kappa shape index (κ1) is 32.6. The van der Waals surface area contributed by atoms with Crippen LogP contribution in [-0.4, -0.2) is 81.6 Å². The number of alkyl halides is 1. The first-order valence-electron chi connectivity index (χ1n) is 14.8. The lowest BCUT2D eigenvalue weighted by molar-refractivity contribution is -0.154. The number of carbonyl (C=O) groups excluding carboxylic acids is 3. The van der Waals surface area contributed by atoms with E-state index in [0.717, 1.165) is 25.7 Å². The Morgan fingerprint density at radius 1 is 1.26 bits per heavy atom. The topological polar surface area (TPSA) is 96.4 Å². The zero-order valence-corrected chi connectivity index (χ0v) is 27.1. The average Bonchev–Trinajstić information content (AvgIpc) is 3.59. The van der Waals surface area contributed by atoms with Gasteiger partial charge in [0.05, 0.1) is 42.9 Å². The molecule has 0 aliphatic carbocycles. The highest BCUT2D eigenvalue weighted by Crippen LogP contribution is 2.68. The molecule has 4 rings (SSSR count). The Labute approximate surface area is 262 Å². The van der Waals surface area contributed by atoms with Gasteiger partial charge in [-0.05, 0) is 55.9 Å². The van der Waals surface area contributed by atoms with Gasteiger partial charge in [0.2, 0.25) is 5.91 Å². The molecule has 3 saturated heterocycles. The smallest absolute Gasteiger partial charge is 0.310 e. The summed E-state index contributed by atoms with van der Waals surface area (Å²) >= 11 is 5.38. The van der Waals surface area contributed by atoms with E-state index < -0.39 is 28.7 Å². The number of benzene rings is 1. The molecule has 8 atom stereocenters. The van der Waals surface area contributed by atoms with Gasteiger partial charge in [0, 0.05) is 22.3 Å². The van der Waals surface area contributed by atoms with Crippen molar-refractivity contribution in [3.8, 4) is 5.75 Å². The lowest BCUT2D eigenvalue weighted by atomic mass is 9.71. The van der Waals surface area contributed by atoms with Crippen LogP contribution in [0.3, 0.4) is 0 Å². The number of unbranched alkanes of at least 4 members (excludes halogenated alkanes) is 2. The number of thioether (sulfide) groups is 1. The fraction of sp³-hybridized carbons (Fsp3) is 0.594. The summed E-state index contributed by atoms with van der Waals surface area (Å²) in [5.41, 5.74) is 0.653. The van der Waals surface area contributed by atoms with Gasteiger partial charge in [0.1, 0.15) is 11.8 Å². The number of amides is 2. The molecule has 3 fully saturated rings.